The molecule has 1 amide bonds. The molecule has 7 nitrogen and oxygen atoms in total. The minimum absolute atomic E-state index is 0.142. The third-order valence-electron chi connectivity index (χ3n) is 4.24. The molecule has 2 aromatic carbocycles. The van der Waals surface area contributed by atoms with Crippen molar-refractivity contribution in [1.29, 1.82) is 0 Å². The van der Waals surface area contributed by atoms with Crippen molar-refractivity contribution >= 4 is 17.6 Å². The highest BCUT2D eigenvalue weighted by atomic mass is 16.5. The number of carbonyl (C=O) groups excluding carboxylic acids is 2. The average Bonchev–Trinajstić information content (AvgIpc) is 2.70. The lowest BCUT2D eigenvalue weighted by Gasteiger charge is -2.23. The molecule has 2 rings (SSSR count). The fraction of sp³-hybridized carbons (Fsp3) is 0.364. The van der Waals surface area contributed by atoms with Gasteiger partial charge in [0.15, 0.2) is 18.1 Å². The molecule has 0 heterocycles. The molecule has 0 aliphatic heterocycles. The molecule has 29 heavy (non-hydrogen) atoms. The Kier molecular flexibility index (Phi) is 7.09. The van der Waals surface area contributed by atoms with Crippen molar-refractivity contribution in [2.45, 2.75) is 26.2 Å². The van der Waals surface area contributed by atoms with Gasteiger partial charge >= 0.3 is 5.97 Å². The number of nitrogens with one attached hydrogen (secondary N) is 1. The Morgan fingerprint density at radius 3 is 2.03 bits per heavy atom. The van der Waals surface area contributed by atoms with Gasteiger partial charge in [0.1, 0.15) is 0 Å². The van der Waals surface area contributed by atoms with Gasteiger partial charge in [-0.1, -0.05) is 39.0 Å². The van der Waals surface area contributed by atoms with E-state index in [2.05, 4.69) is 26.1 Å². The minimum Gasteiger partial charge on any atom is -0.493 e. The number of para-hydroxylation sites is 1. The fourth-order valence-electron chi connectivity index (χ4n) is 2.85. The van der Waals surface area contributed by atoms with Gasteiger partial charge in [-0.15, -0.1) is 0 Å². The molecule has 0 aromatic heterocycles. The summed E-state index contributed by atoms with van der Waals surface area (Å²) in [6.07, 6.45) is 0. The van der Waals surface area contributed by atoms with E-state index in [0.29, 0.717) is 22.9 Å². The van der Waals surface area contributed by atoms with E-state index in [9.17, 15) is 9.59 Å². The van der Waals surface area contributed by atoms with Crippen molar-refractivity contribution in [3.8, 4) is 17.2 Å². The van der Waals surface area contributed by atoms with Crippen molar-refractivity contribution < 1.29 is 28.5 Å². The number of methoxy groups -OCH3 is 3. The molecule has 0 spiro atoms. The maximum Gasteiger partial charge on any atom is 0.338 e. The largest absolute Gasteiger partial charge is 0.493 e. The third kappa shape index (κ3) is 5.40. The van der Waals surface area contributed by atoms with Crippen LogP contribution < -0.4 is 19.5 Å². The van der Waals surface area contributed by atoms with Crippen molar-refractivity contribution in [1.82, 2.24) is 0 Å². The van der Waals surface area contributed by atoms with E-state index < -0.39 is 18.5 Å². The van der Waals surface area contributed by atoms with Gasteiger partial charge < -0.3 is 24.3 Å². The first-order valence-corrected chi connectivity index (χ1v) is 9.07. The molecular weight excluding hydrogens is 374 g/mol. The summed E-state index contributed by atoms with van der Waals surface area (Å²) in [5, 5.41) is 2.80. The Bertz CT molecular complexity index is 860. The second-order valence-corrected chi connectivity index (χ2v) is 7.33. The summed E-state index contributed by atoms with van der Waals surface area (Å²) in [6, 6.07) is 10.5. The number of carbonyl (C=O) groups is 2. The molecule has 0 saturated heterocycles. The first-order chi connectivity index (χ1) is 13.7. The number of benzene rings is 2. The summed E-state index contributed by atoms with van der Waals surface area (Å²) in [5.41, 5.74) is 1.72. The summed E-state index contributed by atoms with van der Waals surface area (Å²) < 4.78 is 20.8. The molecule has 0 atom stereocenters. The molecule has 7 heteroatoms. The zero-order chi connectivity index (χ0) is 21.6. The van der Waals surface area contributed by atoms with E-state index in [1.165, 1.54) is 33.5 Å². The van der Waals surface area contributed by atoms with Gasteiger partial charge in [-0.05, 0) is 29.2 Å². The molecule has 0 saturated carbocycles. The maximum absolute atomic E-state index is 12.4. The number of ether oxygens (including phenoxy) is 4. The van der Waals surface area contributed by atoms with E-state index in [1.54, 1.807) is 0 Å². The summed E-state index contributed by atoms with van der Waals surface area (Å²) in [4.78, 5) is 24.7. The van der Waals surface area contributed by atoms with Crippen molar-refractivity contribution in [2.24, 2.45) is 0 Å². The van der Waals surface area contributed by atoms with Gasteiger partial charge in [0.25, 0.3) is 5.91 Å². The van der Waals surface area contributed by atoms with Crippen LogP contribution in [0.1, 0.15) is 36.7 Å². The lowest BCUT2D eigenvalue weighted by molar-refractivity contribution is -0.119. The van der Waals surface area contributed by atoms with Crippen LogP contribution in [0.25, 0.3) is 0 Å². The van der Waals surface area contributed by atoms with E-state index in [1.807, 2.05) is 24.3 Å². The van der Waals surface area contributed by atoms with Crippen molar-refractivity contribution in [3.05, 3.63) is 47.5 Å². The van der Waals surface area contributed by atoms with Crippen LogP contribution in [0, 0.1) is 0 Å². The van der Waals surface area contributed by atoms with E-state index in [0.717, 1.165) is 5.56 Å². The lowest BCUT2D eigenvalue weighted by Crippen LogP contribution is -2.23. The molecule has 2 aromatic rings. The Balaban J connectivity index is 2.09. The summed E-state index contributed by atoms with van der Waals surface area (Å²) in [5.74, 6) is -0.0983. The average molecular weight is 401 g/mol. The van der Waals surface area contributed by atoms with Gasteiger partial charge in [0.2, 0.25) is 5.75 Å². The zero-order valence-electron chi connectivity index (χ0n) is 17.6. The number of esters is 1. The third-order valence-corrected chi connectivity index (χ3v) is 4.24. The molecule has 0 unspecified atom stereocenters. The number of amides is 1. The van der Waals surface area contributed by atoms with Crippen LogP contribution in [0.2, 0.25) is 0 Å². The Hall–Kier alpha value is -3.22. The highest BCUT2D eigenvalue weighted by Crippen LogP contribution is 2.38. The molecule has 0 fully saturated rings. The van der Waals surface area contributed by atoms with E-state index in [-0.39, 0.29) is 11.0 Å². The van der Waals surface area contributed by atoms with Crippen LogP contribution >= 0.6 is 0 Å². The van der Waals surface area contributed by atoms with Crippen LogP contribution in [0.15, 0.2) is 36.4 Å². The van der Waals surface area contributed by atoms with Crippen LogP contribution in [-0.2, 0) is 14.9 Å². The predicted molar refractivity (Wildman–Crippen MR) is 110 cm³/mol. The van der Waals surface area contributed by atoms with Gasteiger partial charge in [0, 0.05) is 5.69 Å². The molecule has 156 valence electrons. The SMILES string of the molecule is COc1cc(C(=O)OCC(=O)Nc2ccccc2C(C)(C)C)cc(OC)c1OC. The van der Waals surface area contributed by atoms with E-state index >= 15 is 0 Å². The molecule has 0 aliphatic rings. The van der Waals surface area contributed by atoms with Gasteiger partial charge in [-0.2, -0.15) is 0 Å². The monoisotopic (exact) mass is 401 g/mol. The quantitative estimate of drug-likeness (QED) is 0.711. The van der Waals surface area contributed by atoms with Gasteiger partial charge in [-0.25, -0.2) is 4.79 Å². The van der Waals surface area contributed by atoms with Crippen molar-refractivity contribution in [3.63, 3.8) is 0 Å². The fourth-order valence-corrected chi connectivity index (χ4v) is 2.85. The first-order valence-electron chi connectivity index (χ1n) is 9.07. The highest BCUT2D eigenvalue weighted by molar-refractivity contribution is 5.96. The summed E-state index contributed by atoms with van der Waals surface area (Å²) in [7, 11) is 4.37. The molecule has 0 bridgehead atoms. The standard InChI is InChI=1S/C22H27NO6/c1-22(2,3)15-9-7-8-10-16(15)23-19(24)13-29-21(25)14-11-17(26-4)20(28-6)18(12-14)27-5/h7-12H,13H2,1-6H3,(H,23,24). The number of hydrogen-bond donors (Lipinski definition) is 1. The Morgan fingerprint density at radius 1 is 0.931 bits per heavy atom. The Morgan fingerprint density at radius 2 is 1.52 bits per heavy atom. The Labute approximate surface area is 170 Å². The van der Waals surface area contributed by atoms with Gasteiger partial charge in [0.05, 0.1) is 26.9 Å². The number of anilines is 1. The van der Waals surface area contributed by atoms with Crippen LogP contribution in [-0.4, -0.2) is 39.8 Å². The number of rotatable bonds is 7. The minimum atomic E-state index is -0.677. The van der Waals surface area contributed by atoms with Crippen LogP contribution in [0.5, 0.6) is 17.2 Å². The maximum atomic E-state index is 12.4. The molecule has 1 N–H and O–H groups in total. The summed E-state index contributed by atoms with van der Waals surface area (Å²) in [6.45, 7) is 5.75. The van der Waals surface area contributed by atoms with Crippen LogP contribution in [0.4, 0.5) is 5.69 Å². The van der Waals surface area contributed by atoms with Crippen molar-refractivity contribution in [2.75, 3.05) is 33.3 Å². The highest BCUT2D eigenvalue weighted by Gasteiger charge is 2.21. The lowest BCUT2D eigenvalue weighted by atomic mass is 9.86. The topological polar surface area (TPSA) is 83.1 Å². The van der Waals surface area contributed by atoms with Gasteiger partial charge in [-0.3, -0.25) is 4.79 Å². The number of hydrogen-bond acceptors (Lipinski definition) is 6. The normalized spacial score (nSPS) is 10.8. The smallest absolute Gasteiger partial charge is 0.338 e. The molecular formula is C22H27NO6. The van der Waals surface area contributed by atoms with Crippen LogP contribution in [0.3, 0.4) is 0 Å². The zero-order valence-corrected chi connectivity index (χ0v) is 17.6. The second-order valence-electron chi connectivity index (χ2n) is 7.33. The predicted octanol–water partition coefficient (Wildman–Crippen LogP) is 3.81. The summed E-state index contributed by atoms with van der Waals surface area (Å²) >= 11 is 0. The molecule has 0 radical (unpaired) electrons. The molecule has 0 aliphatic carbocycles. The second kappa shape index (κ2) is 9.32. The first kappa shape index (κ1) is 22.1. The van der Waals surface area contributed by atoms with E-state index in [4.69, 9.17) is 18.9 Å².